The Balaban J connectivity index is 2.10. The van der Waals surface area contributed by atoms with Gasteiger partial charge in [0.15, 0.2) is 0 Å². The van der Waals surface area contributed by atoms with Crippen LogP contribution >= 0.6 is 0 Å². The van der Waals surface area contributed by atoms with Gasteiger partial charge in [-0.05, 0) is 24.3 Å². The van der Waals surface area contributed by atoms with Crippen molar-refractivity contribution in [3.63, 3.8) is 0 Å². The lowest BCUT2D eigenvalue weighted by Gasteiger charge is -2.05. The predicted molar refractivity (Wildman–Crippen MR) is 65.3 cm³/mol. The molecule has 0 bridgehead atoms. The molecule has 1 aromatic carbocycles. The molecule has 6 nitrogen and oxygen atoms in total. The number of hydrogen-bond donors (Lipinski definition) is 2. The molecular formula is C11H13N3O3S. The van der Waals surface area contributed by atoms with Crippen molar-refractivity contribution in [3.8, 4) is 5.75 Å². The maximum Gasteiger partial charge on any atom is 0.240 e. The van der Waals surface area contributed by atoms with Crippen molar-refractivity contribution in [1.82, 2.24) is 14.5 Å². The molecule has 2 N–H and O–H groups in total. The minimum Gasteiger partial charge on any atom is -0.508 e. The number of nitrogens with zero attached hydrogens (tertiary/aromatic N) is 2. The Kier molecular flexibility index (Phi) is 3.35. The maximum atomic E-state index is 11.9. The van der Waals surface area contributed by atoms with Crippen LogP contribution in [0.5, 0.6) is 5.75 Å². The zero-order valence-electron chi connectivity index (χ0n) is 9.74. The molecule has 0 aliphatic rings. The third-order valence-corrected chi connectivity index (χ3v) is 3.79. The number of benzene rings is 1. The van der Waals surface area contributed by atoms with Crippen molar-refractivity contribution in [3.05, 3.63) is 42.2 Å². The van der Waals surface area contributed by atoms with Gasteiger partial charge in [-0.3, -0.25) is 4.68 Å². The first-order valence-corrected chi connectivity index (χ1v) is 6.72. The number of rotatable bonds is 4. The molecule has 0 aliphatic carbocycles. The fraction of sp³-hybridized carbons (Fsp3) is 0.182. The summed E-state index contributed by atoms with van der Waals surface area (Å²) < 4.78 is 27.9. The Morgan fingerprint density at radius 1 is 1.33 bits per heavy atom. The molecule has 0 saturated heterocycles. The quantitative estimate of drug-likeness (QED) is 0.849. The number of nitrogens with one attached hydrogen (secondary N) is 1. The first-order chi connectivity index (χ1) is 8.47. The molecule has 0 spiro atoms. The fourth-order valence-electron chi connectivity index (χ4n) is 1.45. The summed E-state index contributed by atoms with van der Waals surface area (Å²) in [5.74, 6) is 0.0289. The minimum atomic E-state index is -3.56. The van der Waals surface area contributed by atoms with Crippen molar-refractivity contribution >= 4 is 10.0 Å². The Hall–Kier alpha value is -1.86. The minimum absolute atomic E-state index is 0.0289. The summed E-state index contributed by atoms with van der Waals surface area (Å²) in [6.07, 6.45) is 3.33. The highest BCUT2D eigenvalue weighted by Crippen LogP contribution is 2.14. The lowest BCUT2D eigenvalue weighted by molar-refractivity contribution is 0.474. The van der Waals surface area contributed by atoms with Crippen molar-refractivity contribution in [2.75, 3.05) is 0 Å². The number of sulfonamides is 1. The van der Waals surface area contributed by atoms with Gasteiger partial charge in [-0.1, -0.05) is 0 Å². The van der Waals surface area contributed by atoms with Gasteiger partial charge >= 0.3 is 0 Å². The van der Waals surface area contributed by atoms with E-state index in [1.807, 2.05) is 0 Å². The van der Waals surface area contributed by atoms with Crippen LogP contribution in [-0.2, 0) is 23.6 Å². The summed E-state index contributed by atoms with van der Waals surface area (Å²) in [5.41, 5.74) is 0.778. The molecule has 7 heteroatoms. The number of aromatic hydroxyl groups is 1. The molecule has 0 aliphatic heterocycles. The molecule has 18 heavy (non-hydrogen) atoms. The highest BCUT2D eigenvalue weighted by Gasteiger charge is 2.13. The van der Waals surface area contributed by atoms with Crippen molar-refractivity contribution in [2.45, 2.75) is 11.4 Å². The molecule has 96 valence electrons. The van der Waals surface area contributed by atoms with Crippen LogP contribution < -0.4 is 4.72 Å². The SMILES string of the molecule is Cn1cc(CNS(=O)(=O)c2ccc(O)cc2)cn1. The molecule has 0 amide bonds. The lowest BCUT2D eigenvalue weighted by atomic mass is 10.3. The first kappa shape index (κ1) is 12.6. The van der Waals surface area contributed by atoms with Crippen LogP contribution in [0.15, 0.2) is 41.6 Å². The second-order valence-corrected chi connectivity index (χ2v) is 5.61. The number of phenols is 1. The topological polar surface area (TPSA) is 84.2 Å². The molecule has 2 rings (SSSR count). The maximum absolute atomic E-state index is 11.9. The van der Waals surface area contributed by atoms with Crippen LogP contribution in [0, 0.1) is 0 Å². The van der Waals surface area contributed by atoms with Crippen LogP contribution in [-0.4, -0.2) is 23.3 Å². The van der Waals surface area contributed by atoms with E-state index in [0.717, 1.165) is 5.56 Å². The standard InChI is InChI=1S/C11H13N3O3S/c1-14-8-9(6-12-14)7-13-18(16,17)11-4-2-10(15)3-5-11/h2-6,8,13,15H,7H2,1H3. The van der Waals surface area contributed by atoms with E-state index in [0.29, 0.717) is 0 Å². The van der Waals surface area contributed by atoms with Crippen LogP contribution in [0.4, 0.5) is 0 Å². The van der Waals surface area contributed by atoms with E-state index < -0.39 is 10.0 Å². The monoisotopic (exact) mass is 267 g/mol. The highest BCUT2D eigenvalue weighted by molar-refractivity contribution is 7.89. The van der Waals surface area contributed by atoms with Crippen LogP contribution in [0.1, 0.15) is 5.56 Å². The van der Waals surface area contributed by atoms with Gasteiger partial charge in [-0.2, -0.15) is 5.10 Å². The molecule has 2 aromatic rings. The third kappa shape index (κ3) is 2.88. The largest absolute Gasteiger partial charge is 0.508 e. The van der Waals surface area contributed by atoms with E-state index >= 15 is 0 Å². The zero-order chi connectivity index (χ0) is 13.2. The smallest absolute Gasteiger partial charge is 0.240 e. The summed E-state index contributed by atoms with van der Waals surface area (Å²) in [6, 6.07) is 5.36. The van der Waals surface area contributed by atoms with Crippen molar-refractivity contribution < 1.29 is 13.5 Å². The average molecular weight is 267 g/mol. The van der Waals surface area contributed by atoms with Crippen LogP contribution in [0.25, 0.3) is 0 Å². The molecule has 0 fully saturated rings. The Morgan fingerprint density at radius 2 is 2.00 bits per heavy atom. The number of phenolic OH excluding ortho intramolecular Hbond substituents is 1. The van der Waals surface area contributed by atoms with Gasteiger partial charge in [0.05, 0.1) is 11.1 Å². The van der Waals surface area contributed by atoms with Crippen molar-refractivity contribution in [1.29, 1.82) is 0 Å². The van der Waals surface area contributed by atoms with E-state index in [-0.39, 0.29) is 17.2 Å². The second-order valence-electron chi connectivity index (χ2n) is 3.84. The number of hydrogen-bond acceptors (Lipinski definition) is 4. The van der Waals surface area contributed by atoms with Crippen molar-refractivity contribution in [2.24, 2.45) is 7.05 Å². The predicted octanol–water partition coefficient (Wildman–Crippen LogP) is 0.604. The average Bonchev–Trinajstić information content (AvgIpc) is 2.73. The highest BCUT2D eigenvalue weighted by atomic mass is 32.2. The third-order valence-electron chi connectivity index (χ3n) is 2.37. The lowest BCUT2D eigenvalue weighted by Crippen LogP contribution is -2.22. The van der Waals surface area contributed by atoms with E-state index in [1.165, 1.54) is 24.3 Å². The molecule has 0 radical (unpaired) electrons. The second kappa shape index (κ2) is 4.79. The molecule has 0 atom stereocenters. The van der Waals surface area contributed by atoms with E-state index in [9.17, 15) is 8.42 Å². The number of aryl methyl sites for hydroxylation is 1. The van der Waals surface area contributed by atoms with Gasteiger partial charge < -0.3 is 5.11 Å². The van der Waals surface area contributed by atoms with E-state index in [4.69, 9.17) is 5.11 Å². The molecule has 1 aromatic heterocycles. The molecule has 1 heterocycles. The normalized spacial score (nSPS) is 11.6. The van der Waals surface area contributed by atoms with Gasteiger partial charge in [0.25, 0.3) is 0 Å². The van der Waals surface area contributed by atoms with Crippen LogP contribution in [0.3, 0.4) is 0 Å². The Bertz CT molecular complexity index is 632. The van der Waals surface area contributed by atoms with E-state index in [2.05, 4.69) is 9.82 Å². The first-order valence-electron chi connectivity index (χ1n) is 5.23. The Morgan fingerprint density at radius 3 is 2.56 bits per heavy atom. The summed E-state index contributed by atoms with van der Waals surface area (Å²) in [4.78, 5) is 0.115. The summed E-state index contributed by atoms with van der Waals surface area (Å²) in [7, 11) is -1.80. The molecule has 0 saturated carbocycles. The summed E-state index contributed by atoms with van der Waals surface area (Å²) in [5, 5.41) is 13.1. The van der Waals surface area contributed by atoms with Gasteiger partial charge in [0, 0.05) is 25.4 Å². The van der Waals surface area contributed by atoms with Gasteiger partial charge in [0.2, 0.25) is 10.0 Å². The van der Waals surface area contributed by atoms with E-state index in [1.54, 1.807) is 24.1 Å². The summed E-state index contributed by atoms with van der Waals surface area (Å²) in [6.45, 7) is 0.178. The summed E-state index contributed by atoms with van der Waals surface area (Å²) >= 11 is 0. The molecule has 0 unspecified atom stereocenters. The molecular weight excluding hydrogens is 254 g/mol. The zero-order valence-corrected chi connectivity index (χ0v) is 10.6. The van der Waals surface area contributed by atoms with Crippen LogP contribution in [0.2, 0.25) is 0 Å². The van der Waals surface area contributed by atoms with Gasteiger partial charge in [-0.15, -0.1) is 0 Å². The van der Waals surface area contributed by atoms with Gasteiger partial charge in [0.1, 0.15) is 5.75 Å². The fourth-order valence-corrected chi connectivity index (χ4v) is 2.47. The van der Waals surface area contributed by atoms with Gasteiger partial charge in [-0.25, -0.2) is 13.1 Å². The number of aromatic nitrogens is 2. The Labute approximate surface area is 105 Å².